The fourth-order valence-corrected chi connectivity index (χ4v) is 0.860. The zero-order valence-corrected chi connectivity index (χ0v) is 5.97. The first-order valence-corrected chi connectivity index (χ1v) is 3.14. The van der Waals surface area contributed by atoms with Crippen LogP contribution < -0.4 is 0 Å². The van der Waals surface area contributed by atoms with Gasteiger partial charge < -0.3 is 0 Å². The summed E-state index contributed by atoms with van der Waals surface area (Å²) in [6.45, 7) is 2.65. The van der Waals surface area contributed by atoms with Gasteiger partial charge in [0.25, 0.3) is 0 Å². The predicted octanol–water partition coefficient (Wildman–Crippen LogP) is 1.59. The molecule has 1 aliphatic heterocycles. The van der Waals surface area contributed by atoms with Crippen molar-refractivity contribution in [1.29, 1.82) is 0 Å². The molecular weight excluding hydrogens is 136 g/mol. The number of aliphatic imine (C=N–C) groups is 1. The highest BCUT2D eigenvalue weighted by atomic mass is 35.5. The largest absolute Gasteiger partial charge is 0.268 e. The lowest BCUT2D eigenvalue weighted by Gasteiger charge is -2.16. The van der Waals surface area contributed by atoms with Gasteiger partial charge in [0.05, 0.1) is 6.54 Å². The van der Waals surface area contributed by atoms with Gasteiger partial charge in [-0.1, -0.05) is 6.92 Å². The lowest BCUT2D eigenvalue weighted by Crippen LogP contribution is -2.22. The fourth-order valence-electron chi connectivity index (χ4n) is 0.640. The maximum Gasteiger partial charge on any atom is 0.122 e. The normalized spacial score (nSPS) is 18.0. The van der Waals surface area contributed by atoms with Gasteiger partial charge in [0.15, 0.2) is 0 Å². The first kappa shape index (κ1) is 6.62. The zero-order chi connectivity index (χ0) is 6.69. The summed E-state index contributed by atoms with van der Waals surface area (Å²) >= 11 is 5.70. The molecule has 0 atom stereocenters. The third kappa shape index (κ3) is 1.45. The van der Waals surface area contributed by atoms with Gasteiger partial charge in [-0.2, -0.15) is 0 Å². The molecule has 1 heterocycles. The van der Waals surface area contributed by atoms with Gasteiger partial charge in [0, 0.05) is 24.4 Å². The second-order valence-electron chi connectivity index (χ2n) is 1.71. The topological polar surface area (TPSA) is 15.6 Å². The van der Waals surface area contributed by atoms with E-state index in [0.29, 0.717) is 0 Å². The van der Waals surface area contributed by atoms with Gasteiger partial charge in [-0.15, -0.1) is 0 Å². The number of hydrogen-bond donors (Lipinski definition) is 0. The second-order valence-corrected chi connectivity index (χ2v) is 2.11. The minimum Gasteiger partial charge on any atom is -0.268 e. The average Bonchev–Trinajstić information content (AvgIpc) is 1.89. The summed E-state index contributed by atoms with van der Waals surface area (Å²) in [6, 6.07) is 0. The summed E-state index contributed by atoms with van der Waals surface area (Å²) in [5.74, 6) is 0.819. The van der Waals surface area contributed by atoms with Crippen molar-refractivity contribution >= 4 is 17.6 Å². The molecule has 0 unspecified atom stereocenters. The minimum atomic E-state index is 0.741. The van der Waals surface area contributed by atoms with E-state index in [1.165, 1.54) is 0 Å². The van der Waals surface area contributed by atoms with E-state index in [9.17, 15) is 0 Å². The first-order chi connectivity index (χ1) is 4.34. The predicted molar refractivity (Wildman–Crippen MR) is 39.1 cm³/mol. The minimum absolute atomic E-state index is 0.741. The summed E-state index contributed by atoms with van der Waals surface area (Å²) in [6.07, 6.45) is 5.53. The summed E-state index contributed by atoms with van der Waals surface area (Å²) in [5, 5.41) is 0. The average molecular weight is 144 g/mol. The van der Waals surface area contributed by atoms with Crippen LogP contribution in [0.4, 0.5) is 0 Å². The van der Waals surface area contributed by atoms with Crippen molar-refractivity contribution in [3.63, 3.8) is 0 Å². The van der Waals surface area contributed by atoms with Crippen LogP contribution in [0.15, 0.2) is 17.3 Å². The van der Waals surface area contributed by atoms with Crippen molar-refractivity contribution in [2.75, 3.05) is 6.54 Å². The van der Waals surface area contributed by atoms with Gasteiger partial charge in [-0.3, -0.25) is 4.42 Å². The van der Waals surface area contributed by atoms with E-state index >= 15 is 0 Å². The summed E-state index contributed by atoms with van der Waals surface area (Å²) in [5.41, 5.74) is 0. The molecule has 49 valence electrons. The van der Waals surface area contributed by atoms with Crippen molar-refractivity contribution in [3.8, 4) is 0 Å². The van der Waals surface area contributed by atoms with E-state index in [1.54, 1.807) is 10.6 Å². The molecule has 3 heteroatoms. The number of hydrogen-bond acceptors (Lipinski definition) is 2. The molecule has 0 N–H and O–H groups in total. The van der Waals surface area contributed by atoms with Crippen LogP contribution in [-0.4, -0.2) is 16.8 Å². The van der Waals surface area contributed by atoms with Crippen molar-refractivity contribution in [1.82, 2.24) is 4.42 Å². The van der Waals surface area contributed by atoms with Crippen LogP contribution in [0.5, 0.6) is 0 Å². The molecular formula is C6H8ClN2. The van der Waals surface area contributed by atoms with Gasteiger partial charge in [-0.05, 0) is 6.08 Å². The van der Waals surface area contributed by atoms with Crippen LogP contribution in [0.3, 0.4) is 0 Å². The van der Waals surface area contributed by atoms with Crippen LogP contribution in [0.25, 0.3) is 0 Å². The maximum absolute atomic E-state index is 5.70. The molecule has 0 bridgehead atoms. The molecule has 0 aromatic rings. The van der Waals surface area contributed by atoms with Gasteiger partial charge in [0.2, 0.25) is 0 Å². The summed E-state index contributed by atoms with van der Waals surface area (Å²) in [7, 11) is 0. The van der Waals surface area contributed by atoms with Crippen LogP contribution in [0.1, 0.15) is 6.92 Å². The standard InChI is InChI=1S/C6H8ClN2/c1-2-6-8-4-3-5-9(6)7/h2-4H,5H2,1H3. The van der Waals surface area contributed by atoms with Crippen LogP contribution in [-0.2, 0) is 0 Å². The monoisotopic (exact) mass is 143 g/mol. The van der Waals surface area contributed by atoms with Crippen molar-refractivity contribution in [3.05, 3.63) is 18.7 Å². The molecule has 0 aliphatic carbocycles. The highest BCUT2D eigenvalue weighted by molar-refractivity contribution is 6.23. The van der Waals surface area contributed by atoms with E-state index in [0.717, 1.165) is 12.4 Å². The Balaban J connectivity index is 2.63. The Bertz CT molecular complexity index is 151. The van der Waals surface area contributed by atoms with Crippen molar-refractivity contribution in [2.45, 2.75) is 6.92 Å². The molecule has 0 spiro atoms. The molecule has 1 aliphatic rings. The van der Waals surface area contributed by atoms with Gasteiger partial charge in [0.1, 0.15) is 5.84 Å². The third-order valence-corrected chi connectivity index (χ3v) is 1.40. The molecule has 9 heavy (non-hydrogen) atoms. The molecule has 0 aromatic carbocycles. The third-order valence-electron chi connectivity index (χ3n) is 1.08. The Labute approximate surface area is 59.9 Å². The number of amidine groups is 1. The van der Waals surface area contributed by atoms with E-state index < -0.39 is 0 Å². The number of halogens is 1. The number of nitrogens with zero attached hydrogens (tertiary/aromatic N) is 2. The smallest absolute Gasteiger partial charge is 0.122 e. The van der Waals surface area contributed by atoms with Crippen LogP contribution in [0, 0.1) is 6.42 Å². The Kier molecular flexibility index (Phi) is 2.11. The van der Waals surface area contributed by atoms with Crippen molar-refractivity contribution < 1.29 is 0 Å². The molecule has 0 saturated heterocycles. The van der Waals surface area contributed by atoms with Crippen molar-refractivity contribution in [2.24, 2.45) is 4.99 Å². The fraction of sp³-hybridized carbons (Fsp3) is 0.333. The molecule has 1 rings (SSSR count). The molecule has 2 nitrogen and oxygen atoms in total. The first-order valence-electron chi connectivity index (χ1n) is 2.80. The Morgan fingerprint density at radius 3 is 3.11 bits per heavy atom. The van der Waals surface area contributed by atoms with Crippen LogP contribution >= 0.6 is 11.8 Å². The Morgan fingerprint density at radius 2 is 2.67 bits per heavy atom. The van der Waals surface area contributed by atoms with Gasteiger partial charge >= 0.3 is 0 Å². The Morgan fingerprint density at radius 1 is 1.89 bits per heavy atom. The molecule has 0 fully saturated rings. The second kappa shape index (κ2) is 2.87. The van der Waals surface area contributed by atoms with E-state index in [4.69, 9.17) is 11.8 Å². The van der Waals surface area contributed by atoms with E-state index in [-0.39, 0.29) is 0 Å². The van der Waals surface area contributed by atoms with Crippen LogP contribution in [0.2, 0.25) is 0 Å². The lowest BCUT2D eigenvalue weighted by molar-refractivity contribution is 0.722. The molecule has 0 amide bonds. The maximum atomic E-state index is 5.70. The SMILES string of the molecule is C[CH]C1=NC=CCN1Cl. The summed E-state index contributed by atoms with van der Waals surface area (Å²) < 4.78 is 1.57. The molecule has 0 saturated carbocycles. The quantitative estimate of drug-likeness (QED) is 0.509. The Hall–Kier alpha value is -0.500. The molecule has 0 aromatic heterocycles. The lowest BCUT2D eigenvalue weighted by atomic mass is 10.4. The van der Waals surface area contributed by atoms with E-state index in [2.05, 4.69) is 4.99 Å². The summed E-state index contributed by atoms with van der Waals surface area (Å²) in [4.78, 5) is 4.00. The molecule has 1 radical (unpaired) electrons. The number of rotatable bonds is 1. The highest BCUT2D eigenvalue weighted by Crippen LogP contribution is 2.04. The van der Waals surface area contributed by atoms with E-state index in [1.807, 2.05) is 19.4 Å². The highest BCUT2D eigenvalue weighted by Gasteiger charge is 2.05. The zero-order valence-electron chi connectivity index (χ0n) is 5.21. The van der Waals surface area contributed by atoms with Gasteiger partial charge in [-0.25, -0.2) is 4.99 Å².